The van der Waals surface area contributed by atoms with Crippen LogP contribution in [0.15, 0.2) is 0 Å². The molecule has 0 bridgehead atoms. The number of nitriles is 1. The molecule has 0 spiro atoms. The van der Waals surface area contributed by atoms with Crippen molar-refractivity contribution in [3.8, 4) is 18.4 Å². The number of terminal acetylenes is 1. The van der Waals surface area contributed by atoms with Gasteiger partial charge in [0.05, 0.1) is 12.1 Å². The molecular formula is C9H14N2. The Morgan fingerprint density at radius 2 is 2.27 bits per heavy atom. The van der Waals surface area contributed by atoms with E-state index in [1.165, 1.54) is 0 Å². The van der Waals surface area contributed by atoms with Crippen LogP contribution < -0.4 is 5.32 Å². The molecule has 0 aromatic heterocycles. The second-order valence-corrected chi connectivity index (χ2v) is 2.53. The number of hydrogen-bond acceptors (Lipinski definition) is 2. The van der Waals surface area contributed by atoms with Gasteiger partial charge in [-0.05, 0) is 13.3 Å². The summed E-state index contributed by atoms with van der Waals surface area (Å²) >= 11 is 0. The highest BCUT2D eigenvalue weighted by Gasteiger charge is 2.06. The average molecular weight is 150 g/mol. The predicted molar refractivity (Wildman–Crippen MR) is 45.7 cm³/mol. The number of rotatable bonds is 4. The van der Waals surface area contributed by atoms with Gasteiger partial charge in [-0.1, -0.05) is 6.92 Å². The average Bonchev–Trinajstić information content (AvgIpc) is 2.03. The molecular weight excluding hydrogens is 136 g/mol. The fourth-order valence-corrected chi connectivity index (χ4v) is 0.854. The minimum atomic E-state index is -0.103. The largest absolute Gasteiger partial charge is 0.298 e. The van der Waals surface area contributed by atoms with Crippen molar-refractivity contribution in [1.82, 2.24) is 5.32 Å². The molecule has 0 saturated carbocycles. The first-order valence-corrected chi connectivity index (χ1v) is 3.83. The highest BCUT2D eigenvalue weighted by Crippen LogP contribution is 1.97. The molecule has 0 saturated heterocycles. The molecule has 0 heterocycles. The van der Waals surface area contributed by atoms with E-state index in [2.05, 4.69) is 24.2 Å². The van der Waals surface area contributed by atoms with Crippen LogP contribution in [0.3, 0.4) is 0 Å². The van der Waals surface area contributed by atoms with E-state index in [1.54, 1.807) is 0 Å². The van der Waals surface area contributed by atoms with Gasteiger partial charge >= 0.3 is 0 Å². The number of nitrogens with one attached hydrogen (secondary N) is 1. The second kappa shape index (κ2) is 5.77. The van der Waals surface area contributed by atoms with Gasteiger partial charge < -0.3 is 0 Å². The van der Waals surface area contributed by atoms with E-state index in [0.29, 0.717) is 6.42 Å². The number of nitrogens with zero attached hydrogens (tertiary/aromatic N) is 1. The highest BCUT2D eigenvalue weighted by atomic mass is 14.9. The van der Waals surface area contributed by atoms with Gasteiger partial charge in [0.15, 0.2) is 0 Å². The molecule has 2 heteroatoms. The minimum absolute atomic E-state index is 0.103. The van der Waals surface area contributed by atoms with E-state index in [9.17, 15) is 0 Å². The molecule has 60 valence electrons. The summed E-state index contributed by atoms with van der Waals surface area (Å²) in [5.41, 5.74) is 0. The summed E-state index contributed by atoms with van der Waals surface area (Å²) in [7, 11) is 0. The summed E-state index contributed by atoms with van der Waals surface area (Å²) in [6, 6.07) is 2.29. The molecule has 0 rings (SSSR count). The first-order valence-electron chi connectivity index (χ1n) is 3.83. The fraction of sp³-hybridized carbons (Fsp3) is 0.667. The van der Waals surface area contributed by atoms with Crippen LogP contribution in [-0.4, -0.2) is 12.1 Å². The van der Waals surface area contributed by atoms with Gasteiger partial charge in [-0.3, -0.25) is 5.32 Å². The monoisotopic (exact) mass is 150 g/mol. The normalized spacial score (nSPS) is 14.5. The van der Waals surface area contributed by atoms with Crippen LogP contribution in [0.25, 0.3) is 0 Å². The van der Waals surface area contributed by atoms with E-state index >= 15 is 0 Å². The molecule has 0 aromatic carbocycles. The quantitative estimate of drug-likeness (QED) is 0.613. The maximum Gasteiger partial charge on any atom is 0.0926 e. The predicted octanol–water partition coefficient (Wildman–Crippen LogP) is 1.29. The van der Waals surface area contributed by atoms with Crippen LogP contribution >= 0.6 is 0 Å². The van der Waals surface area contributed by atoms with Crippen LogP contribution in [0.2, 0.25) is 0 Å². The summed E-state index contributed by atoms with van der Waals surface area (Å²) in [5.74, 6) is 2.58. The lowest BCUT2D eigenvalue weighted by Gasteiger charge is -2.14. The van der Waals surface area contributed by atoms with Crippen molar-refractivity contribution in [2.75, 3.05) is 0 Å². The molecule has 0 aromatic rings. The molecule has 0 aliphatic heterocycles. The van der Waals surface area contributed by atoms with E-state index in [4.69, 9.17) is 11.7 Å². The van der Waals surface area contributed by atoms with Crippen LogP contribution in [0.4, 0.5) is 0 Å². The Bertz CT molecular complexity index is 173. The zero-order valence-electron chi connectivity index (χ0n) is 7.09. The second-order valence-electron chi connectivity index (χ2n) is 2.53. The Morgan fingerprint density at radius 3 is 2.64 bits per heavy atom. The first kappa shape index (κ1) is 10.0. The van der Waals surface area contributed by atoms with Gasteiger partial charge in [0.2, 0.25) is 0 Å². The molecule has 2 unspecified atom stereocenters. The van der Waals surface area contributed by atoms with E-state index < -0.39 is 0 Å². The molecule has 0 radical (unpaired) electrons. The Kier molecular flexibility index (Phi) is 5.25. The van der Waals surface area contributed by atoms with Crippen molar-refractivity contribution >= 4 is 0 Å². The molecule has 0 fully saturated rings. The van der Waals surface area contributed by atoms with E-state index in [1.807, 2.05) is 6.92 Å². The van der Waals surface area contributed by atoms with Crippen molar-refractivity contribution in [1.29, 1.82) is 5.26 Å². The van der Waals surface area contributed by atoms with Gasteiger partial charge in [-0.25, -0.2) is 0 Å². The molecule has 0 amide bonds. The summed E-state index contributed by atoms with van der Waals surface area (Å²) in [6.07, 6.45) is 6.81. The zero-order chi connectivity index (χ0) is 8.69. The molecule has 11 heavy (non-hydrogen) atoms. The van der Waals surface area contributed by atoms with E-state index in [-0.39, 0.29) is 12.1 Å². The van der Waals surface area contributed by atoms with Crippen LogP contribution in [-0.2, 0) is 0 Å². The van der Waals surface area contributed by atoms with Crippen molar-refractivity contribution in [2.45, 2.75) is 38.8 Å². The molecule has 1 N–H and O–H groups in total. The maximum atomic E-state index is 8.48. The van der Waals surface area contributed by atoms with Crippen molar-refractivity contribution in [3.05, 3.63) is 0 Å². The van der Waals surface area contributed by atoms with Gasteiger partial charge in [0.25, 0.3) is 0 Å². The topological polar surface area (TPSA) is 35.8 Å². The van der Waals surface area contributed by atoms with Gasteiger partial charge in [0, 0.05) is 12.5 Å². The van der Waals surface area contributed by atoms with Gasteiger partial charge in [-0.2, -0.15) is 5.26 Å². The molecule has 0 aliphatic carbocycles. The number of hydrogen-bond donors (Lipinski definition) is 1. The lowest BCUT2D eigenvalue weighted by atomic mass is 10.1. The zero-order valence-corrected chi connectivity index (χ0v) is 7.09. The minimum Gasteiger partial charge on any atom is -0.298 e. The van der Waals surface area contributed by atoms with Gasteiger partial charge in [0.1, 0.15) is 0 Å². The van der Waals surface area contributed by atoms with Crippen molar-refractivity contribution in [3.63, 3.8) is 0 Å². The lowest BCUT2D eigenvalue weighted by molar-refractivity contribution is 0.485. The van der Waals surface area contributed by atoms with Crippen LogP contribution in [0, 0.1) is 23.7 Å². The van der Waals surface area contributed by atoms with Crippen molar-refractivity contribution < 1.29 is 0 Å². The Morgan fingerprint density at radius 1 is 1.64 bits per heavy atom. The lowest BCUT2D eigenvalue weighted by Crippen LogP contribution is -2.34. The molecule has 2 nitrogen and oxygen atoms in total. The molecule has 2 atom stereocenters. The standard InChI is InChI=1S/C9H14N2/c1-4-6-9(5-2)11-8(3)7-10/h1,8-9,11H,5-6H2,2-3H3. The third kappa shape index (κ3) is 4.42. The van der Waals surface area contributed by atoms with E-state index in [0.717, 1.165) is 6.42 Å². The Labute approximate surface area is 68.6 Å². The fourth-order valence-electron chi connectivity index (χ4n) is 0.854. The third-order valence-corrected chi connectivity index (χ3v) is 1.54. The Balaban J connectivity index is 3.72. The van der Waals surface area contributed by atoms with Crippen LogP contribution in [0.5, 0.6) is 0 Å². The first-order chi connectivity index (χ1) is 5.24. The third-order valence-electron chi connectivity index (χ3n) is 1.54. The Hall–Kier alpha value is -0.990. The highest BCUT2D eigenvalue weighted by molar-refractivity contribution is 4.93. The molecule has 0 aliphatic rings. The van der Waals surface area contributed by atoms with Gasteiger partial charge in [-0.15, -0.1) is 12.3 Å². The van der Waals surface area contributed by atoms with Crippen molar-refractivity contribution in [2.24, 2.45) is 0 Å². The van der Waals surface area contributed by atoms with Crippen LogP contribution in [0.1, 0.15) is 26.7 Å². The SMILES string of the molecule is C#CCC(CC)NC(C)C#N. The summed E-state index contributed by atoms with van der Waals surface area (Å²) < 4.78 is 0. The maximum absolute atomic E-state index is 8.48. The summed E-state index contributed by atoms with van der Waals surface area (Å²) in [6.45, 7) is 3.89. The summed E-state index contributed by atoms with van der Waals surface area (Å²) in [4.78, 5) is 0. The summed E-state index contributed by atoms with van der Waals surface area (Å²) in [5, 5.41) is 11.6. The smallest absolute Gasteiger partial charge is 0.0926 e.